The Labute approximate surface area is 99.5 Å². The Balaban J connectivity index is 1.92. The minimum absolute atomic E-state index is 0.476. The number of aromatic nitrogens is 4. The number of hydrogen-bond acceptors (Lipinski definition) is 6. The summed E-state index contributed by atoms with van der Waals surface area (Å²) in [6.45, 7) is 4.03. The lowest BCUT2D eigenvalue weighted by Crippen LogP contribution is -2.14. The van der Waals surface area contributed by atoms with E-state index in [9.17, 15) is 0 Å². The van der Waals surface area contributed by atoms with Crippen molar-refractivity contribution in [3.05, 3.63) is 24.6 Å². The van der Waals surface area contributed by atoms with Gasteiger partial charge in [0.15, 0.2) is 0 Å². The minimum Gasteiger partial charge on any atom is -0.421 e. The molecule has 0 saturated carbocycles. The van der Waals surface area contributed by atoms with Crippen molar-refractivity contribution < 1.29 is 4.42 Å². The van der Waals surface area contributed by atoms with Gasteiger partial charge in [-0.1, -0.05) is 6.92 Å². The van der Waals surface area contributed by atoms with Crippen molar-refractivity contribution in [2.75, 3.05) is 13.1 Å². The van der Waals surface area contributed by atoms with Gasteiger partial charge < -0.3 is 9.73 Å². The molecule has 0 aliphatic carbocycles. The fourth-order valence-corrected chi connectivity index (χ4v) is 1.42. The van der Waals surface area contributed by atoms with Crippen LogP contribution in [0.25, 0.3) is 11.5 Å². The third-order valence-electron chi connectivity index (χ3n) is 2.27. The van der Waals surface area contributed by atoms with Gasteiger partial charge >= 0.3 is 0 Å². The Bertz CT molecular complexity index is 442. The minimum atomic E-state index is 0.476. The normalized spacial score (nSPS) is 10.6. The van der Waals surface area contributed by atoms with Gasteiger partial charge in [0.1, 0.15) is 6.33 Å². The maximum Gasteiger partial charge on any atom is 0.250 e. The molecule has 0 spiro atoms. The Morgan fingerprint density at radius 1 is 1.24 bits per heavy atom. The van der Waals surface area contributed by atoms with Crippen molar-refractivity contribution in [3.63, 3.8) is 0 Å². The molecule has 0 radical (unpaired) electrons. The highest BCUT2D eigenvalue weighted by Gasteiger charge is 2.08. The molecule has 0 saturated heterocycles. The summed E-state index contributed by atoms with van der Waals surface area (Å²) in [7, 11) is 0. The summed E-state index contributed by atoms with van der Waals surface area (Å²) in [5.74, 6) is 1.13. The molecule has 0 fully saturated rings. The van der Waals surface area contributed by atoms with Crippen molar-refractivity contribution >= 4 is 0 Å². The zero-order valence-corrected chi connectivity index (χ0v) is 9.76. The topological polar surface area (TPSA) is 76.7 Å². The van der Waals surface area contributed by atoms with Gasteiger partial charge in [-0.2, -0.15) is 0 Å². The average Bonchev–Trinajstić information content (AvgIpc) is 2.85. The molecule has 6 heteroatoms. The molecule has 0 amide bonds. The van der Waals surface area contributed by atoms with E-state index in [4.69, 9.17) is 4.42 Å². The molecule has 17 heavy (non-hydrogen) atoms. The molecule has 1 N–H and O–H groups in total. The lowest BCUT2D eigenvalue weighted by molar-refractivity contribution is 0.492. The highest BCUT2D eigenvalue weighted by molar-refractivity contribution is 5.48. The molecule has 0 bridgehead atoms. The molecule has 2 rings (SSSR count). The third kappa shape index (κ3) is 3.32. The first-order valence-corrected chi connectivity index (χ1v) is 5.68. The van der Waals surface area contributed by atoms with E-state index in [1.54, 1.807) is 12.4 Å². The summed E-state index contributed by atoms with van der Waals surface area (Å²) < 4.78 is 5.52. The summed E-state index contributed by atoms with van der Waals surface area (Å²) in [6, 6.07) is 0. The van der Waals surface area contributed by atoms with Crippen LogP contribution in [0.4, 0.5) is 0 Å². The molecule has 90 valence electrons. The van der Waals surface area contributed by atoms with Gasteiger partial charge in [0.2, 0.25) is 5.89 Å². The van der Waals surface area contributed by atoms with Crippen molar-refractivity contribution in [2.24, 2.45) is 0 Å². The molecule has 2 heterocycles. The maximum absolute atomic E-state index is 5.52. The van der Waals surface area contributed by atoms with E-state index in [0.29, 0.717) is 11.8 Å². The molecule has 6 nitrogen and oxygen atoms in total. The van der Waals surface area contributed by atoms with E-state index < -0.39 is 0 Å². The van der Waals surface area contributed by atoms with Gasteiger partial charge in [-0.15, -0.1) is 10.2 Å². The zero-order chi connectivity index (χ0) is 11.9. The summed E-state index contributed by atoms with van der Waals surface area (Å²) >= 11 is 0. The van der Waals surface area contributed by atoms with Gasteiger partial charge in [-0.25, -0.2) is 9.97 Å². The van der Waals surface area contributed by atoms with E-state index >= 15 is 0 Å². The summed E-state index contributed by atoms with van der Waals surface area (Å²) in [5.41, 5.74) is 0.748. The monoisotopic (exact) mass is 233 g/mol. The first-order valence-electron chi connectivity index (χ1n) is 5.68. The van der Waals surface area contributed by atoms with E-state index in [2.05, 4.69) is 32.4 Å². The second kappa shape index (κ2) is 6.05. The summed E-state index contributed by atoms with van der Waals surface area (Å²) in [4.78, 5) is 7.82. The Morgan fingerprint density at radius 3 is 2.82 bits per heavy atom. The van der Waals surface area contributed by atoms with Gasteiger partial charge in [0, 0.05) is 18.8 Å². The SMILES string of the molecule is CCNCCCc1nnc(-c2cncnc2)o1. The van der Waals surface area contributed by atoms with Crippen LogP contribution in [0.1, 0.15) is 19.2 Å². The van der Waals surface area contributed by atoms with Gasteiger partial charge in [0.05, 0.1) is 5.56 Å². The van der Waals surface area contributed by atoms with Crippen LogP contribution in [-0.2, 0) is 6.42 Å². The smallest absolute Gasteiger partial charge is 0.250 e. The summed E-state index contributed by atoms with van der Waals surface area (Å²) in [6.07, 6.45) is 6.55. The fraction of sp³-hybridized carbons (Fsp3) is 0.455. The lowest BCUT2D eigenvalue weighted by atomic mass is 10.3. The van der Waals surface area contributed by atoms with Crippen LogP contribution in [0, 0.1) is 0 Å². The van der Waals surface area contributed by atoms with Crippen molar-refractivity contribution in [1.82, 2.24) is 25.5 Å². The Kier molecular flexibility index (Phi) is 4.15. The van der Waals surface area contributed by atoms with Crippen LogP contribution in [-0.4, -0.2) is 33.3 Å². The molecule has 0 aromatic carbocycles. The molecular weight excluding hydrogens is 218 g/mol. The molecular formula is C11H15N5O. The van der Waals surface area contributed by atoms with Crippen LogP contribution in [0.5, 0.6) is 0 Å². The molecule has 2 aromatic heterocycles. The van der Waals surface area contributed by atoms with Crippen molar-refractivity contribution in [1.29, 1.82) is 0 Å². The van der Waals surface area contributed by atoms with Gasteiger partial charge in [0.25, 0.3) is 5.89 Å². The van der Waals surface area contributed by atoms with Crippen molar-refractivity contribution in [2.45, 2.75) is 19.8 Å². The number of nitrogens with one attached hydrogen (secondary N) is 1. The lowest BCUT2D eigenvalue weighted by Gasteiger charge is -1.97. The number of rotatable bonds is 6. The average molecular weight is 233 g/mol. The fourth-order valence-electron chi connectivity index (χ4n) is 1.42. The molecule has 0 aliphatic heterocycles. The molecule has 0 aliphatic rings. The number of aryl methyl sites for hydroxylation is 1. The van der Waals surface area contributed by atoms with Crippen LogP contribution in [0.3, 0.4) is 0 Å². The number of nitrogens with zero attached hydrogens (tertiary/aromatic N) is 4. The van der Waals surface area contributed by atoms with Gasteiger partial charge in [-0.05, 0) is 19.5 Å². The van der Waals surface area contributed by atoms with Crippen molar-refractivity contribution in [3.8, 4) is 11.5 Å². The highest BCUT2D eigenvalue weighted by atomic mass is 16.4. The second-order valence-corrected chi connectivity index (χ2v) is 3.59. The number of hydrogen-bond donors (Lipinski definition) is 1. The Morgan fingerprint density at radius 2 is 2.06 bits per heavy atom. The third-order valence-corrected chi connectivity index (χ3v) is 2.27. The van der Waals surface area contributed by atoms with Crippen LogP contribution in [0.2, 0.25) is 0 Å². The summed E-state index contributed by atoms with van der Waals surface area (Å²) in [5, 5.41) is 11.2. The predicted molar refractivity (Wildman–Crippen MR) is 62.2 cm³/mol. The van der Waals surface area contributed by atoms with Crippen LogP contribution in [0.15, 0.2) is 23.1 Å². The standard InChI is InChI=1S/C11H15N5O/c1-2-12-5-3-4-10-15-16-11(17-10)9-6-13-8-14-7-9/h6-8,12H,2-5H2,1H3. The van der Waals surface area contributed by atoms with Gasteiger partial charge in [-0.3, -0.25) is 0 Å². The van der Waals surface area contributed by atoms with Crippen LogP contribution >= 0.6 is 0 Å². The zero-order valence-electron chi connectivity index (χ0n) is 9.76. The maximum atomic E-state index is 5.52. The predicted octanol–water partition coefficient (Wildman–Crippen LogP) is 1.07. The van der Waals surface area contributed by atoms with E-state index in [0.717, 1.165) is 31.5 Å². The molecule has 0 atom stereocenters. The first-order chi connectivity index (χ1) is 8.40. The quantitative estimate of drug-likeness (QED) is 0.752. The van der Waals surface area contributed by atoms with E-state index in [1.165, 1.54) is 6.33 Å². The second-order valence-electron chi connectivity index (χ2n) is 3.59. The van der Waals surface area contributed by atoms with E-state index in [-0.39, 0.29) is 0 Å². The molecule has 2 aromatic rings. The van der Waals surface area contributed by atoms with Crippen LogP contribution < -0.4 is 5.32 Å². The van der Waals surface area contributed by atoms with E-state index in [1.807, 2.05) is 0 Å². The molecule has 0 unspecified atom stereocenters. The first kappa shape index (κ1) is 11.7. The largest absolute Gasteiger partial charge is 0.421 e. The highest BCUT2D eigenvalue weighted by Crippen LogP contribution is 2.15. The Hall–Kier alpha value is -1.82.